The van der Waals surface area contributed by atoms with E-state index < -0.39 is 40.2 Å². The van der Waals surface area contributed by atoms with Gasteiger partial charge in [0.15, 0.2) is 0 Å². The minimum Gasteiger partial charge on any atom is -0.480 e. The van der Waals surface area contributed by atoms with Crippen LogP contribution in [0.25, 0.3) is 0 Å². The summed E-state index contributed by atoms with van der Waals surface area (Å²) in [6.07, 6.45) is 2.54. The third-order valence-electron chi connectivity index (χ3n) is 2.41. The van der Waals surface area contributed by atoms with Crippen LogP contribution in [0.4, 0.5) is 0 Å². The fourth-order valence-corrected chi connectivity index (χ4v) is 1.99. The summed E-state index contributed by atoms with van der Waals surface area (Å²) in [7, 11) is -4.27. The standard InChI is InChI=1S/C11H14N2O6S/c14-10(7-8-1-4-12-5-2-8)13-9(11(15)16)3-6-20(17,18)19/h1-2,4-5,9H,3,6-7H2,(H,13,14)(H,15,16)(H,17,18,19)/t9-/m0/s1. The zero-order valence-corrected chi connectivity index (χ0v) is 11.2. The van der Waals surface area contributed by atoms with Crippen molar-refractivity contribution in [2.24, 2.45) is 0 Å². The van der Waals surface area contributed by atoms with E-state index in [2.05, 4.69) is 10.3 Å². The molecule has 0 aliphatic rings. The molecular weight excluding hydrogens is 288 g/mol. The molecule has 20 heavy (non-hydrogen) atoms. The van der Waals surface area contributed by atoms with E-state index in [0.717, 1.165) is 0 Å². The van der Waals surface area contributed by atoms with Crippen LogP contribution >= 0.6 is 0 Å². The van der Waals surface area contributed by atoms with Crippen molar-refractivity contribution in [1.29, 1.82) is 0 Å². The molecule has 1 amide bonds. The number of amides is 1. The Morgan fingerprint density at radius 1 is 1.30 bits per heavy atom. The van der Waals surface area contributed by atoms with E-state index >= 15 is 0 Å². The van der Waals surface area contributed by atoms with Crippen molar-refractivity contribution in [1.82, 2.24) is 10.3 Å². The molecule has 0 aliphatic carbocycles. The van der Waals surface area contributed by atoms with Crippen LogP contribution in [0.15, 0.2) is 24.5 Å². The van der Waals surface area contributed by atoms with Gasteiger partial charge in [0.25, 0.3) is 10.1 Å². The third-order valence-corrected chi connectivity index (χ3v) is 3.16. The highest BCUT2D eigenvalue weighted by Crippen LogP contribution is 2.01. The van der Waals surface area contributed by atoms with Crippen molar-refractivity contribution in [2.75, 3.05) is 5.75 Å². The molecule has 0 unspecified atom stereocenters. The van der Waals surface area contributed by atoms with Gasteiger partial charge in [0.1, 0.15) is 6.04 Å². The normalized spacial score (nSPS) is 12.7. The lowest BCUT2D eigenvalue weighted by Crippen LogP contribution is -2.42. The second-order valence-electron chi connectivity index (χ2n) is 4.07. The Balaban J connectivity index is 2.57. The molecule has 1 heterocycles. The van der Waals surface area contributed by atoms with Gasteiger partial charge in [0.05, 0.1) is 12.2 Å². The molecule has 1 aromatic heterocycles. The molecule has 0 saturated heterocycles. The summed E-state index contributed by atoms with van der Waals surface area (Å²) in [5.74, 6) is -2.66. The first-order valence-corrected chi connectivity index (χ1v) is 7.25. The first kappa shape index (κ1) is 16.1. The summed E-state index contributed by atoms with van der Waals surface area (Å²) in [5.41, 5.74) is 0.649. The summed E-state index contributed by atoms with van der Waals surface area (Å²) >= 11 is 0. The zero-order chi connectivity index (χ0) is 15.2. The van der Waals surface area contributed by atoms with Gasteiger partial charge in [-0.1, -0.05) is 0 Å². The van der Waals surface area contributed by atoms with Gasteiger partial charge < -0.3 is 10.4 Å². The van der Waals surface area contributed by atoms with Gasteiger partial charge in [0.2, 0.25) is 5.91 Å². The van der Waals surface area contributed by atoms with Gasteiger partial charge in [-0.15, -0.1) is 0 Å². The number of nitrogens with one attached hydrogen (secondary N) is 1. The highest BCUT2D eigenvalue weighted by atomic mass is 32.2. The second kappa shape index (κ2) is 6.96. The van der Waals surface area contributed by atoms with Crippen molar-refractivity contribution in [3.05, 3.63) is 30.1 Å². The quantitative estimate of drug-likeness (QED) is 0.576. The topological polar surface area (TPSA) is 134 Å². The Labute approximate surface area is 115 Å². The lowest BCUT2D eigenvalue weighted by Gasteiger charge is -2.13. The second-order valence-corrected chi connectivity index (χ2v) is 5.64. The van der Waals surface area contributed by atoms with E-state index in [1.54, 1.807) is 12.1 Å². The molecule has 8 nitrogen and oxygen atoms in total. The Morgan fingerprint density at radius 2 is 1.90 bits per heavy atom. The number of carboxylic acids is 1. The first-order chi connectivity index (χ1) is 9.28. The third kappa shape index (κ3) is 6.25. The smallest absolute Gasteiger partial charge is 0.326 e. The minimum atomic E-state index is -4.27. The molecule has 1 atom stereocenters. The minimum absolute atomic E-state index is 0.0435. The predicted molar refractivity (Wildman–Crippen MR) is 68.5 cm³/mol. The zero-order valence-electron chi connectivity index (χ0n) is 10.4. The Hall–Kier alpha value is -2.00. The van der Waals surface area contributed by atoms with Crippen molar-refractivity contribution in [3.63, 3.8) is 0 Å². The van der Waals surface area contributed by atoms with Crippen LogP contribution in [0.3, 0.4) is 0 Å². The Bertz CT molecular complexity index is 572. The van der Waals surface area contributed by atoms with Crippen molar-refractivity contribution < 1.29 is 27.7 Å². The van der Waals surface area contributed by atoms with Crippen LogP contribution in [0.5, 0.6) is 0 Å². The number of carbonyl (C=O) groups excluding carboxylic acids is 1. The van der Waals surface area contributed by atoms with Gasteiger partial charge in [-0.3, -0.25) is 14.3 Å². The van der Waals surface area contributed by atoms with Crippen molar-refractivity contribution in [2.45, 2.75) is 18.9 Å². The van der Waals surface area contributed by atoms with Gasteiger partial charge in [-0.25, -0.2) is 4.79 Å². The monoisotopic (exact) mass is 302 g/mol. The van der Waals surface area contributed by atoms with Crippen LogP contribution < -0.4 is 5.32 Å². The molecule has 0 bridgehead atoms. The fourth-order valence-electron chi connectivity index (χ4n) is 1.46. The number of hydrogen-bond acceptors (Lipinski definition) is 5. The summed E-state index contributed by atoms with van der Waals surface area (Å²) in [6.45, 7) is 0. The Morgan fingerprint density at radius 3 is 2.40 bits per heavy atom. The maximum atomic E-state index is 11.6. The number of nitrogens with zero attached hydrogens (tertiary/aromatic N) is 1. The highest BCUT2D eigenvalue weighted by Gasteiger charge is 2.22. The van der Waals surface area contributed by atoms with Crippen LogP contribution in [-0.4, -0.2) is 46.7 Å². The molecule has 110 valence electrons. The van der Waals surface area contributed by atoms with Crippen molar-refractivity contribution >= 4 is 22.0 Å². The molecule has 9 heteroatoms. The maximum Gasteiger partial charge on any atom is 0.326 e. The average Bonchev–Trinajstić information content (AvgIpc) is 2.34. The molecule has 3 N–H and O–H groups in total. The molecule has 0 spiro atoms. The number of hydrogen-bond donors (Lipinski definition) is 3. The largest absolute Gasteiger partial charge is 0.480 e. The maximum absolute atomic E-state index is 11.6. The Kier molecular flexibility index (Phi) is 5.59. The molecular formula is C11H14N2O6S. The lowest BCUT2D eigenvalue weighted by atomic mass is 10.1. The van der Waals surface area contributed by atoms with E-state index in [4.69, 9.17) is 9.66 Å². The first-order valence-electron chi connectivity index (χ1n) is 5.64. The van der Waals surface area contributed by atoms with E-state index in [1.807, 2.05) is 0 Å². The van der Waals surface area contributed by atoms with E-state index in [1.165, 1.54) is 12.4 Å². The number of rotatable bonds is 7. The summed E-state index contributed by atoms with van der Waals surface area (Å²) in [5, 5.41) is 11.1. The van der Waals surface area contributed by atoms with E-state index in [9.17, 15) is 18.0 Å². The average molecular weight is 302 g/mol. The van der Waals surface area contributed by atoms with Crippen LogP contribution in [0.1, 0.15) is 12.0 Å². The molecule has 1 aromatic rings. The SMILES string of the molecule is O=C(Cc1ccncc1)N[C@@H](CCS(=O)(=O)O)C(=O)O. The van der Waals surface area contributed by atoms with E-state index in [0.29, 0.717) is 5.56 Å². The lowest BCUT2D eigenvalue weighted by molar-refractivity contribution is -0.141. The molecule has 0 radical (unpaired) electrons. The van der Waals surface area contributed by atoms with Gasteiger partial charge in [0, 0.05) is 12.4 Å². The summed E-state index contributed by atoms with van der Waals surface area (Å²) < 4.78 is 29.7. The van der Waals surface area contributed by atoms with Crippen LogP contribution in [0.2, 0.25) is 0 Å². The number of aliphatic carboxylic acids is 1. The highest BCUT2D eigenvalue weighted by molar-refractivity contribution is 7.85. The fraction of sp³-hybridized carbons (Fsp3) is 0.364. The molecule has 1 rings (SSSR count). The molecule has 0 saturated carbocycles. The van der Waals surface area contributed by atoms with Crippen LogP contribution in [-0.2, 0) is 26.1 Å². The summed E-state index contributed by atoms with van der Waals surface area (Å²) in [6, 6.07) is 1.84. The molecule has 0 aliphatic heterocycles. The number of carbonyl (C=O) groups is 2. The predicted octanol–water partition coefficient (Wildman–Crippen LogP) is -0.529. The molecule has 0 fully saturated rings. The molecule has 0 aromatic carbocycles. The summed E-state index contributed by atoms with van der Waals surface area (Å²) in [4.78, 5) is 26.3. The van der Waals surface area contributed by atoms with Gasteiger partial charge in [-0.05, 0) is 24.1 Å². The van der Waals surface area contributed by atoms with Gasteiger partial charge >= 0.3 is 5.97 Å². The number of carboxylic acid groups (broad SMARTS) is 1. The van der Waals surface area contributed by atoms with Crippen LogP contribution in [0, 0.1) is 0 Å². The van der Waals surface area contributed by atoms with Gasteiger partial charge in [-0.2, -0.15) is 8.42 Å². The van der Waals surface area contributed by atoms with Crippen molar-refractivity contribution in [3.8, 4) is 0 Å². The number of aromatic nitrogens is 1. The van der Waals surface area contributed by atoms with E-state index in [-0.39, 0.29) is 6.42 Å². The number of pyridine rings is 1.